The number of ether oxygens (including phenoxy) is 3. The molecule has 0 N–H and O–H groups in total. The molecule has 0 bridgehead atoms. The minimum atomic E-state index is -0.118. The largest absolute Gasteiger partial charge is 0.493 e. The number of hydrogen-bond acceptors (Lipinski definition) is 5. The van der Waals surface area contributed by atoms with Gasteiger partial charge in [0.05, 0.1) is 25.2 Å². The molecule has 0 radical (unpaired) electrons. The molecule has 0 atom stereocenters. The van der Waals surface area contributed by atoms with Crippen LogP contribution in [0.3, 0.4) is 0 Å². The van der Waals surface area contributed by atoms with Crippen LogP contribution in [-0.2, 0) is 6.61 Å². The van der Waals surface area contributed by atoms with E-state index >= 15 is 0 Å². The standard InChI is InChI=1S/C24H20O5/c1-26-21-11-8-17(12-23(21)27-2)20-15-29-22-13-18(9-10-19(22)24(20)25)28-14-16-6-4-3-5-7-16/h3-13,15H,14H2,1-2H3. The predicted molar refractivity (Wildman–Crippen MR) is 112 cm³/mol. The van der Waals surface area contributed by atoms with Crippen LogP contribution in [0, 0.1) is 0 Å². The van der Waals surface area contributed by atoms with E-state index in [0.717, 1.165) is 5.56 Å². The van der Waals surface area contributed by atoms with Crippen LogP contribution in [0.5, 0.6) is 17.2 Å². The van der Waals surface area contributed by atoms with Gasteiger partial charge in [0, 0.05) is 6.07 Å². The monoisotopic (exact) mass is 388 g/mol. The van der Waals surface area contributed by atoms with Crippen molar-refractivity contribution in [2.75, 3.05) is 14.2 Å². The van der Waals surface area contributed by atoms with Gasteiger partial charge in [-0.1, -0.05) is 36.4 Å². The molecule has 5 heteroatoms. The van der Waals surface area contributed by atoms with E-state index in [9.17, 15) is 4.79 Å². The second-order valence-electron chi connectivity index (χ2n) is 6.48. The highest BCUT2D eigenvalue weighted by Crippen LogP contribution is 2.32. The van der Waals surface area contributed by atoms with Crippen molar-refractivity contribution in [3.05, 3.63) is 88.8 Å². The third-order valence-corrected chi connectivity index (χ3v) is 4.69. The van der Waals surface area contributed by atoms with E-state index in [1.54, 1.807) is 50.6 Å². The zero-order valence-corrected chi connectivity index (χ0v) is 16.2. The summed E-state index contributed by atoms with van der Waals surface area (Å²) in [6.45, 7) is 0.445. The molecule has 0 fully saturated rings. The van der Waals surface area contributed by atoms with Gasteiger partial charge in [-0.05, 0) is 35.4 Å². The Hall–Kier alpha value is -3.73. The van der Waals surface area contributed by atoms with E-state index in [-0.39, 0.29) is 5.43 Å². The first kappa shape index (κ1) is 18.6. The Morgan fingerprint density at radius 2 is 1.66 bits per heavy atom. The zero-order chi connectivity index (χ0) is 20.2. The summed E-state index contributed by atoms with van der Waals surface area (Å²) in [7, 11) is 3.13. The average molecular weight is 388 g/mol. The smallest absolute Gasteiger partial charge is 0.200 e. The maximum Gasteiger partial charge on any atom is 0.200 e. The van der Waals surface area contributed by atoms with Gasteiger partial charge >= 0.3 is 0 Å². The molecule has 0 amide bonds. The van der Waals surface area contributed by atoms with Gasteiger partial charge in [0.2, 0.25) is 0 Å². The second-order valence-corrected chi connectivity index (χ2v) is 6.48. The fourth-order valence-electron chi connectivity index (χ4n) is 3.14. The third-order valence-electron chi connectivity index (χ3n) is 4.69. The van der Waals surface area contributed by atoms with Crippen LogP contribution >= 0.6 is 0 Å². The quantitative estimate of drug-likeness (QED) is 0.462. The van der Waals surface area contributed by atoms with E-state index in [2.05, 4.69) is 0 Å². The lowest BCUT2D eigenvalue weighted by Crippen LogP contribution is -2.05. The van der Waals surface area contributed by atoms with Crippen LogP contribution in [0.2, 0.25) is 0 Å². The molecule has 29 heavy (non-hydrogen) atoms. The van der Waals surface area contributed by atoms with Crippen LogP contribution in [-0.4, -0.2) is 14.2 Å². The summed E-state index contributed by atoms with van der Waals surface area (Å²) in [4.78, 5) is 13.0. The van der Waals surface area contributed by atoms with Gasteiger partial charge in [0.15, 0.2) is 16.9 Å². The summed E-state index contributed by atoms with van der Waals surface area (Å²) in [5.41, 5.74) is 2.58. The van der Waals surface area contributed by atoms with Crippen LogP contribution in [0.4, 0.5) is 0 Å². The lowest BCUT2D eigenvalue weighted by molar-refractivity contribution is 0.306. The Labute approximate surface area is 168 Å². The Bertz CT molecular complexity index is 1200. The van der Waals surface area contributed by atoms with Crippen molar-refractivity contribution in [1.29, 1.82) is 0 Å². The number of rotatable bonds is 6. The molecule has 1 heterocycles. The fraction of sp³-hybridized carbons (Fsp3) is 0.125. The van der Waals surface area contributed by atoms with Crippen molar-refractivity contribution < 1.29 is 18.6 Å². The molecule has 0 aliphatic carbocycles. The third kappa shape index (κ3) is 3.80. The summed E-state index contributed by atoms with van der Waals surface area (Å²) in [5, 5.41) is 0.490. The van der Waals surface area contributed by atoms with Crippen molar-refractivity contribution in [2.45, 2.75) is 6.61 Å². The molecule has 0 saturated carbocycles. The molecule has 4 rings (SSSR count). The Balaban J connectivity index is 1.65. The van der Waals surface area contributed by atoms with Crippen LogP contribution in [0.25, 0.3) is 22.1 Å². The molecule has 5 nitrogen and oxygen atoms in total. The first-order valence-corrected chi connectivity index (χ1v) is 9.14. The summed E-state index contributed by atoms with van der Waals surface area (Å²) in [5.74, 6) is 1.79. The Kier molecular flexibility index (Phi) is 5.20. The summed E-state index contributed by atoms with van der Waals surface area (Å²) >= 11 is 0. The van der Waals surface area contributed by atoms with Gasteiger partial charge in [-0.25, -0.2) is 0 Å². The molecule has 3 aromatic carbocycles. The molecular formula is C24H20O5. The summed E-state index contributed by atoms with van der Waals surface area (Å²) in [6, 6.07) is 20.5. The lowest BCUT2D eigenvalue weighted by Gasteiger charge is -2.10. The average Bonchev–Trinajstić information content (AvgIpc) is 2.78. The lowest BCUT2D eigenvalue weighted by atomic mass is 10.0. The van der Waals surface area contributed by atoms with E-state index in [0.29, 0.717) is 46.0 Å². The molecule has 0 aliphatic rings. The van der Waals surface area contributed by atoms with Gasteiger partial charge in [-0.3, -0.25) is 4.79 Å². The van der Waals surface area contributed by atoms with Gasteiger partial charge < -0.3 is 18.6 Å². The van der Waals surface area contributed by atoms with Gasteiger partial charge in [0.25, 0.3) is 0 Å². The first-order chi connectivity index (χ1) is 14.2. The number of fused-ring (bicyclic) bond motifs is 1. The van der Waals surface area contributed by atoms with Crippen LogP contribution < -0.4 is 19.6 Å². The van der Waals surface area contributed by atoms with E-state index in [1.165, 1.54) is 6.26 Å². The van der Waals surface area contributed by atoms with Gasteiger partial charge in [-0.2, -0.15) is 0 Å². The van der Waals surface area contributed by atoms with E-state index in [4.69, 9.17) is 18.6 Å². The number of hydrogen-bond donors (Lipinski definition) is 0. The molecule has 0 spiro atoms. The van der Waals surface area contributed by atoms with E-state index in [1.807, 2.05) is 30.3 Å². The van der Waals surface area contributed by atoms with Crippen molar-refractivity contribution in [1.82, 2.24) is 0 Å². The molecule has 0 saturated heterocycles. The first-order valence-electron chi connectivity index (χ1n) is 9.14. The maximum atomic E-state index is 13.0. The Morgan fingerprint density at radius 1 is 0.862 bits per heavy atom. The predicted octanol–water partition coefficient (Wildman–Crippen LogP) is 5.06. The minimum Gasteiger partial charge on any atom is -0.493 e. The van der Waals surface area contributed by atoms with Gasteiger partial charge in [0.1, 0.15) is 24.2 Å². The second kappa shape index (κ2) is 8.10. The molecule has 0 aliphatic heterocycles. The molecule has 0 unspecified atom stereocenters. The number of methoxy groups -OCH3 is 2. The van der Waals surface area contributed by atoms with Crippen LogP contribution in [0.15, 0.2) is 82.2 Å². The van der Waals surface area contributed by atoms with Crippen molar-refractivity contribution in [2.24, 2.45) is 0 Å². The zero-order valence-electron chi connectivity index (χ0n) is 16.2. The van der Waals surface area contributed by atoms with Crippen LogP contribution in [0.1, 0.15) is 5.56 Å². The number of benzene rings is 3. The molecule has 4 aromatic rings. The highest BCUT2D eigenvalue weighted by Gasteiger charge is 2.13. The molecular weight excluding hydrogens is 368 g/mol. The normalized spacial score (nSPS) is 10.7. The fourth-order valence-corrected chi connectivity index (χ4v) is 3.14. The highest BCUT2D eigenvalue weighted by atomic mass is 16.5. The van der Waals surface area contributed by atoms with E-state index < -0.39 is 0 Å². The van der Waals surface area contributed by atoms with Crippen molar-refractivity contribution >= 4 is 11.0 Å². The van der Waals surface area contributed by atoms with Gasteiger partial charge in [-0.15, -0.1) is 0 Å². The SMILES string of the molecule is COc1ccc(-c2coc3cc(OCc4ccccc4)ccc3c2=O)cc1OC. The summed E-state index contributed by atoms with van der Waals surface area (Å²) < 4.78 is 22.2. The summed E-state index contributed by atoms with van der Waals surface area (Å²) in [6.07, 6.45) is 1.47. The topological polar surface area (TPSA) is 57.9 Å². The molecule has 146 valence electrons. The highest BCUT2D eigenvalue weighted by molar-refractivity contribution is 5.83. The Morgan fingerprint density at radius 3 is 2.41 bits per heavy atom. The van der Waals surface area contributed by atoms with Crippen molar-refractivity contribution in [3.63, 3.8) is 0 Å². The molecule has 1 aromatic heterocycles. The maximum absolute atomic E-state index is 13.0. The minimum absolute atomic E-state index is 0.118. The van der Waals surface area contributed by atoms with Crippen molar-refractivity contribution in [3.8, 4) is 28.4 Å².